The molecular formula is C22H20N2O3S. The lowest BCUT2D eigenvalue weighted by Crippen LogP contribution is -2.43. The van der Waals surface area contributed by atoms with Gasteiger partial charge in [-0.05, 0) is 35.2 Å². The molecule has 2 heterocycles. The Balaban J connectivity index is 1.79. The lowest BCUT2D eigenvalue weighted by Gasteiger charge is -2.39. The third-order valence-electron chi connectivity index (χ3n) is 5.06. The minimum atomic E-state index is -0.525. The Bertz CT molecular complexity index is 1020. The standard InChI is InChI=1S/C22H20N2O3S/c1-24-20(18-12-7-13-28-18)19(14-8-3-4-9-15(14)22(24)26)21(25)23-16-10-5-6-11-17(16)27-2/h3-13,19-20H,1-2H3,(H,23,25)/t19-,20+/m1/s1. The Hall–Kier alpha value is -3.12. The van der Waals surface area contributed by atoms with E-state index in [0.717, 1.165) is 10.4 Å². The molecule has 1 aliphatic rings. The van der Waals surface area contributed by atoms with Crippen molar-refractivity contribution in [1.29, 1.82) is 0 Å². The first-order chi connectivity index (χ1) is 13.6. The third-order valence-corrected chi connectivity index (χ3v) is 6.00. The van der Waals surface area contributed by atoms with Gasteiger partial charge in [0, 0.05) is 17.5 Å². The molecule has 28 heavy (non-hydrogen) atoms. The molecule has 0 radical (unpaired) electrons. The quantitative estimate of drug-likeness (QED) is 0.720. The number of rotatable bonds is 4. The lowest BCUT2D eigenvalue weighted by molar-refractivity contribution is -0.119. The molecule has 0 spiro atoms. The number of amides is 2. The number of benzene rings is 2. The fourth-order valence-electron chi connectivity index (χ4n) is 3.73. The number of anilines is 1. The monoisotopic (exact) mass is 392 g/mol. The van der Waals surface area contributed by atoms with Crippen molar-refractivity contribution in [2.24, 2.45) is 0 Å². The Morgan fingerprint density at radius 2 is 1.82 bits per heavy atom. The van der Waals surface area contributed by atoms with Crippen LogP contribution in [0.4, 0.5) is 5.69 Å². The van der Waals surface area contributed by atoms with E-state index in [9.17, 15) is 9.59 Å². The van der Waals surface area contributed by atoms with E-state index in [0.29, 0.717) is 17.0 Å². The topological polar surface area (TPSA) is 58.6 Å². The average molecular weight is 392 g/mol. The minimum absolute atomic E-state index is 0.0738. The summed E-state index contributed by atoms with van der Waals surface area (Å²) >= 11 is 1.55. The lowest BCUT2D eigenvalue weighted by atomic mass is 9.81. The van der Waals surface area contributed by atoms with Crippen LogP contribution in [-0.2, 0) is 4.79 Å². The average Bonchev–Trinajstić information content (AvgIpc) is 3.25. The third kappa shape index (κ3) is 3.05. The van der Waals surface area contributed by atoms with E-state index in [1.165, 1.54) is 0 Å². The van der Waals surface area contributed by atoms with E-state index in [1.54, 1.807) is 48.6 Å². The molecular weight excluding hydrogens is 372 g/mol. The van der Waals surface area contributed by atoms with Crippen LogP contribution < -0.4 is 10.1 Å². The van der Waals surface area contributed by atoms with Crippen LogP contribution >= 0.6 is 11.3 Å². The van der Waals surface area contributed by atoms with Crippen LogP contribution in [0, 0.1) is 0 Å². The number of nitrogens with one attached hydrogen (secondary N) is 1. The Labute approximate surface area is 167 Å². The first-order valence-electron chi connectivity index (χ1n) is 8.95. The van der Waals surface area contributed by atoms with Gasteiger partial charge in [-0.3, -0.25) is 9.59 Å². The van der Waals surface area contributed by atoms with Crippen molar-refractivity contribution < 1.29 is 14.3 Å². The van der Waals surface area contributed by atoms with E-state index >= 15 is 0 Å². The van der Waals surface area contributed by atoms with Gasteiger partial charge in [-0.25, -0.2) is 0 Å². The molecule has 142 valence electrons. The molecule has 2 aromatic carbocycles. The first-order valence-corrected chi connectivity index (χ1v) is 9.83. The van der Waals surface area contributed by atoms with Crippen LogP contribution in [0.1, 0.15) is 32.8 Å². The number of carbonyl (C=O) groups is 2. The molecule has 4 rings (SSSR count). The number of hydrogen-bond acceptors (Lipinski definition) is 4. The molecule has 0 bridgehead atoms. The Kier molecular flexibility index (Phi) is 4.88. The maximum absolute atomic E-state index is 13.5. The molecule has 0 unspecified atom stereocenters. The summed E-state index contributed by atoms with van der Waals surface area (Å²) in [6.45, 7) is 0. The van der Waals surface area contributed by atoms with Crippen molar-refractivity contribution in [3.8, 4) is 5.75 Å². The van der Waals surface area contributed by atoms with Crippen LogP contribution in [0.3, 0.4) is 0 Å². The summed E-state index contributed by atoms with van der Waals surface area (Å²) in [5, 5.41) is 4.96. The highest BCUT2D eigenvalue weighted by Gasteiger charge is 2.43. The normalized spacial score (nSPS) is 18.5. The number of likely N-dealkylation sites (N-methyl/N-ethyl adjacent to an activating group) is 1. The van der Waals surface area contributed by atoms with E-state index in [4.69, 9.17) is 4.74 Å². The number of ether oxygens (including phenoxy) is 1. The van der Waals surface area contributed by atoms with Crippen molar-refractivity contribution in [1.82, 2.24) is 4.90 Å². The second-order valence-corrected chi connectivity index (χ2v) is 7.61. The van der Waals surface area contributed by atoms with Crippen LogP contribution in [0.25, 0.3) is 0 Å². The summed E-state index contributed by atoms with van der Waals surface area (Å²) in [5.41, 5.74) is 1.92. The van der Waals surface area contributed by atoms with E-state index < -0.39 is 5.92 Å². The minimum Gasteiger partial charge on any atom is -0.495 e. The zero-order valence-corrected chi connectivity index (χ0v) is 16.4. The molecule has 3 aromatic rings. The van der Waals surface area contributed by atoms with Crippen LogP contribution in [0.15, 0.2) is 66.0 Å². The summed E-state index contributed by atoms with van der Waals surface area (Å²) in [6.07, 6.45) is 0. The molecule has 6 heteroatoms. The molecule has 1 aromatic heterocycles. The second-order valence-electron chi connectivity index (χ2n) is 6.63. The molecule has 5 nitrogen and oxygen atoms in total. The number of thiophene rings is 1. The SMILES string of the molecule is COc1ccccc1NC(=O)[C@@H]1c2ccccc2C(=O)N(C)[C@H]1c1cccs1. The maximum atomic E-state index is 13.5. The number of carbonyl (C=O) groups excluding carboxylic acids is 2. The molecule has 1 aliphatic heterocycles. The van der Waals surface area contributed by atoms with Crippen LogP contribution in [0.5, 0.6) is 5.75 Å². The zero-order valence-electron chi connectivity index (χ0n) is 15.6. The number of hydrogen-bond donors (Lipinski definition) is 1. The predicted octanol–water partition coefficient (Wildman–Crippen LogP) is 4.31. The molecule has 0 saturated carbocycles. The van der Waals surface area contributed by atoms with Gasteiger partial charge in [-0.2, -0.15) is 0 Å². The fourth-order valence-corrected chi connectivity index (χ4v) is 4.64. The van der Waals surface area contributed by atoms with Crippen molar-refractivity contribution >= 4 is 28.8 Å². The highest BCUT2D eigenvalue weighted by Crippen LogP contribution is 2.44. The summed E-state index contributed by atoms with van der Waals surface area (Å²) in [4.78, 5) is 29.0. The fraction of sp³-hybridized carbons (Fsp3) is 0.182. The van der Waals surface area contributed by atoms with Crippen molar-refractivity contribution in [2.75, 3.05) is 19.5 Å². The van der Waals surface area contributed by atoms with Gasteiger partial charge in [0.2, 0.25) is 5.91 Å². The van der Waals surface area contributed by atoms with Crippen molar-refractivity contribution in [3.05, 3.63) is 82.0 Å². The van der Waals surface area contributed by atoms with E-state index in [1.807, 2.05) is 47.8 Å². The Morgan fingerprint density at radius 1 is 1.07 bits per heavy atom. The predicted molar refractivity (Wildman–Crippen MR) is 110 cm³/mol. The maximum Gasteiger partial charge on any atom is 0.254 e. The number of nitrogens with zero attached hydrogens (tertiary/aromatic N) is 1. The van der Waals surface area contributed by atoms with Gasteiger partial charge in [0.15, 0.2) is 0 Å². The van der Waals surface area contributed by atoms with Gasteiger partial charge in [-0.15, -0.1) is 11.3 Å². The first kappa shape index (κ1) is 18.3. The van der Waals surface area contributed by atoms with Crippen molar-refractivity contribution in [3.63, 3.8) is 0 Å². The molecule has 0 saturated heterocycles. The van der Waals surface area contributed by atoms with Crippen LogP contribution in [0.2, 0.25) is 0 Å². The summed E-state index contributed by atoms with van der Waals surface area (Å²) < 4.78 is 5.36. The summed E-state index contributed by atoms with van der Waals surface area (Å²) in [5.74, 6) is -0.176. The van der Waals surface area contributed by atoms with Gasteiger partial charge in [-0.1, -0.05) is 36.4 Å². The smallest absolute Gasteiger partial charge is 0.254 e. The molecule has 2 atom stereocenters. The zero-order chi connectivity index (χ0) is 19.7. The highest BCUT2D eigenvalue weighted by atomic mass is 32.1. The Morgan fingerprint density at radius 3 is 2.57 bits per heavy atom. The largest absolute Gasteiger partial charge is 0.495 e. The highest BCUT2D eigenvalue weighted by molar-refractivity contribution is 7.10. The molecule has 0 aliphatic carbocycles. The molecule has 0 fully saturated rings. The van der Waals surface area contributed by atoms with E-state index in [2.05, 4.69) is 5.32 Å². The van der Waals surface area contributed by atoms with Gasteiger partial charge in [0.25, 0.3) is 5.91 Å². The number of fused-ring (bicyclic) bond motifs is 1. The summed E-state index contributed by atoms with van der Waals surface area (Å²) in [6, 6.07) is 18.2. The number of methoxy groups -OCH3 is 1. The molecule has 1 N–H and O–H groups in total. The summed E-state index contributed by atoms with van der Waals surface area (Å²) in [7, 11) is 3.33. The van der Waals surface area contributed by atoms with E-state index in [-0.39, 0.29) is 17.9 Å². The van der Waals surface area contributed by atoms with Crippen LogP contribution in [-0.4, -0.2) is 30.9 Å². The van der Waals surface area contributed by atoms with Crippen molar-refractivity contribution in [2.45, 2.75) is 12.0 Å². The van der Waals surface area contributed by atoms with Gasteiger partial charge < -0.3 is 15.0 Å². The van der Waals surface area contributed by atoms with Gasteiger partial charge in [0.05, 0.1) is 24.8 Å². The number of para-hydroxylation sites is 2. The van der Waals surface area contributed by atoms with Gasteiger partial charge in [0.1, 0.15) is 5.75 Å². The second kappa shape index (κ2) is 7.48. The van der Waals surface area contributed by atoms with Gasteiger partial charge >= 0.3 is 0 Å². The molecule has 2 amide bonds.